The fraction of sp³-hybridized carbons (Fsp3) is 0.455. The van der Waals surface area contributed by atoms with Gasteiger partial charge < -0.3 is 5.32 Å². The maximum Gasteiger partial charge on any atom is 0.125 e. The molecule has 1 N–H and O–H groups in total. The van der Waals surface area contributed by atoms with Crippen LogP contribution >= 0.6 is 0 Å². The molecule has 2 nitrogen and oxygen atoms in total. The standard InChI is InChI=1S/C11H14FN2/c12-9-2-1-3-11(8-9)14-10-4-6-13-7-5-10/h1-3,8,10,14H,4-7H2. The molecule has 1 radical (unpaired) electrons. The molecule has 1 saturated heterocycles. The highest BCUT2D eigenvalue weighted by Crippen LogP contribution is 2.14. The van der Waals surface area contributed by atoms with Crippen molar-refractivity contribution in [1.82, 2.24) is 5.32 Å². The Bertz CT molecular complexity index is 295. The largest absolute Gasteiger partial charge is 0.382 e. The van der Waals surface area contributed by atoms with Gasteiger partial charge in [-0.3, -0.25) is 0 Å². The van der Waals surface area contributed by atoms with Crippen molar-refractivity contribution in [2.75, 3.05) is 18.4 Å². The molecular weight excluding hydrogens is 179 g/mol. The Balaban J connectivity index is 1.95. The Morgan fingerprint density at radius 3 is 2.79 bits per heavy atom. The van der Waals surface area contributed by atoms with Crippen LogP contribution in [0.15, 0.2) is 24.3 Å². The van der Waals surface area contributed by atoms with Gasteiger partial charge in [-0.15, -0.1) is 0 Å². The topological polar surface area (TPSA) is 26.1 Å². The van der Waals surface area contributed by atoms with Gasteiger partial charge in [-0.05, 0) is 31.0 Å². The highest BCUT2D eigenvalue weighted by atomic mass is 19.1. The Morgan fingerprint density at radius 1 is 1.29 bits per heavy atom. The summed E-state index contributed by atoms with van der Waals surface area (Å²) >= 11 is 0. The first-order valence-corrected chi connectivity index (χ1v) is 5.00. The van der Waals surface area contributed by atoms with E-state index in [1.807, 2.05) is 6.07 Å². The molecule has 75 valence electrons. The van der Waals surface area contributed by atoms with E-state index in [0.29, 0.717) is 6.04 Å². The van der Waals surface area contributed by atoms with Gasteiger partial charge in [0.1, 0.15) is 5.82 Å². The number of nitrogens with zero attached hydrogens (tertiary/aromatic N) is 1. The molecule has 1 aliphatic heterocycles. The van der Waals surface area contributed by atoms with E-state index in [-0.39, 0.29) is 5.82 Å². The molecule has 0 bridgehead atoms. The summed E-state index contributed by atoms with van der Waals surface area (Å²) in [5, 5.41) is 7.59. The first-order valence-electron chi connectivity index (χ1n) is 5.00. The van der Waals surface area contributed by atoms with Gasteiger partial charge in [0.05, 0.1) is 0 Å². The van der Waals surface area contributed by atoms with E-state index in [1.165, 1.54) is 12.1 Å². The molecule has 14 heavy (non-hydrogen) atoms. The fourth-order valence-electron chi connectivity index (χ4n) is 1.71. The Kier molecular flexibility index (Phi) is 2.99. The molecule has 1 aromatic rings. The highest BCUT2D eigenvalue weighted by molar-refractivity contribution is 5.44. The lowest BCUT2D eigenvalue weighted by atomic mass is 10.1. The van der Waals surface area contributed by atoms with Gasteiger partial charge in [-0.1, -0.05) is 6.07 Å². The number of anilines is 1. The van der Waals surface area contributed by atoms with Crippen molar-refractivity contribution in [1.29, 1.82) is 0 Å². The summed E-state index contributed by atoms with van der Waals surface area (Å²) < 4.78 is 12.9. The first-order chi connectivity index (χ1) is 6.84. The average molecular weight is 193 g/mol. The molecule has 1 fully saturated rings. The van der Waals surface area contributed by atoms with Gasteiger partial charge in [0.25, 0.3) is 0 Å². The lowest BCUT2D eigenvalue weighted by Gasteiger charge is -2.23. The number of nitrogens with one attached hydrogen (secondary N) is 1. The number of rotatable bonds is 2. The SMILES string of the molecule is Fc1cccc(NC2CC[N]CC2)c1. The number of hydrogen-bond donors (Lipinski definition) is 1. The van der Waals surface area contributed by atoms with Crippen molar-refractivity contribution in [3.05, 3.63) is 30.1 Å². The molecule has 2 rings (SSSR count). The number of hydrogen-bond acceptors (Lipinski definition) is 1. The molecule has 3 heteroatoms. The molecule has 0 spiro atoms. The summed E-state index contributed by atoms with van der Waals surface area (Å²) in [5.74, 6) is -0.185. The summed E-state index contributed by atoms with van der Waals surface area (Å²) in [6, 6.07) is 7.07. The van der Waals surface area contributed by atoms with E-state index in [1.54, 1.807) is 6.07 Å². The second kappa shape index (κ2) is 4.42. The predicted molar refractivity (Wildman–Crippen MR) is 54.9 cm³/mol. The zero-order chi connectivity index (χ0) is 9.80. The van der Waals surface area contributed by atoms with Crippen LogP contribution in [0.2, 0.25) is 0 Å². The zero-order valence-electron chi connectivity index (χ0n) is 8.04. The van der Waals surface area contributed by atoms with E-state index in [9.17, 15) is 4.39 Å². The normalized spacial score (nSPS) is 18.1. The van der Waals surface area contributed by atoms with Crippen molar-refractivity contribution in [2.45, 2.75) is 18.9 Å². The van der Waals surface area contributed by atoms with Crippen LogP contribution in [-0.4, -0.2) is 19.1 Å². The fourth-order valence-corrected chi connectivity index (χ4v) is 1.71. The van der Waals surface area contributed by atoms with Crippen LogP contribution in [0.5, 0.6) is 0 Å². The maximum absolute atomic E-state index is 12.9. The lowest BCUT2D eigenvalue weighted by molar-refractivity contribution is 0.471. The van der Waals surface area contributed by atoms with E-state index in [2.05, 4.69) is 10.6 Å². The Hall–Kier alpha value is -1.09. The predicted octanol–water partition coefficient (Wildman–Crippen LogP) is 2.00. The summed E-state index contributed by atoms with van der Waals surface area (Å²) in [5.41, 5.74) is 0.872. The molecule has 0 unspecified atom stereocenters. The molecule has 1 aromatic carbocycles. The minimum Gasteiger partial charge on any atom is -0.382 e. The molecule has 0 aromatic heterocycles. The summed E-state index contributed by atoms with van der Waals surface area (Å²) in [7, 11) is 0. The van der Waals surface area contributed by atoms with Crippen molar-refractivity contribution in [2.24, 2.45) is 0 Å². The third-order valence-electron chi connectivity index (χ3n) is 2.47. The van der Waals surface area contributed by atoms with Gasteiger partial charge in [0.15, 0.2) is 0 Å². The van der Waals surface area contributed by atoms with Crippen LogP contribution < -0.4 is 10.6 Å². The third-order valence-corrected chi connectivity index (χ3v) is 2.47. The lowest BCUT2D eigenvalue weighted by Crippen LogP contribution is -2.31. The van der Waals surface area contributed by atoms with Crippen LogP contribution in [0.3, 0.4) is 0 Å². The highest BCUT2D eigenvalue weighted by Gasteiger charge is 2.12. The van der Waals surface area contributed by atoms with Crippen LogP contribution in [0.25, 0.3) is 0 Å². The quantitative estimate of drug-likeness (QED) is 0.764. The van der Waals surface area contributed by atoms with Gasteiger partial charge >= 0.3 is 0 Å². The minimum atomic E-state index is -0.185. The van der Waals surface area contributed by atoms with Crippen LogP contribution in [0.1, 0.15) is 12.8 Å². The monoisotopic (exact) mass is 193 g/mol. The summed E-state index contributed by atoms with van der Waals surface area (Å²) in [4.78, 5) is 0. The van der Waals surface area contributed by atoms with Gasteiger partial charge in [-0.25, -0.2) is 9.71 Å². The van der Waals surface area contributed by atoms with Gasteiger partial charge in [-0.2, -0.15) is 0 Å². The molecule has 0 amide bonds. The van der Waals surface area contributed by atoms with Crippen LogP contribution in [0.4, 0.5) is 10.1 Å². The smallest absolute Gasteiger partial charge is 0.125 e. The molecule has 0 atom stereocenters. The van der Waals surface area contributed by atoms with E-state index < -0.39 is 0 Å². The zero-order valence-corrected chi connectivity index (χ0v) is 8.04. The van der Waals surface area contributed by atoms with Crippen molar-refractivity contribution >= 4 is 5.69 Å². The van der Waals surface area contributed by atoms with Crippen LogP contribution in [-0.2, 0) is 0 Å². The van der Waals surface area contributed by atoms with E-state index >= 15 is 0 Å². The molecule has 0 aliphatic carbocycles. The maximum atomic E-state index is 12.9. The number of piperidine rings is 1. The summed E-state index contributed by atoms with van der Waals surface area (Å²) in [6.45, 7) is 1.85. The molecule has 1 aliphatic rings. The Labute approximate surface area is 83.5 Å². The van der Waals surface area contributed by atoms with Crippen molar-refractivity contribution in [3.63, 3.8) is 0 Å². The molecule has 0 saturated carbocycles. The second-order valence-electron chi connectivity index (χ2n) is 3.60. The first kappa shape index (κ1) is 9.46. The average Bonchev–Trinajstić information content (AvgIpc) is 2.19. The van der Waals surface area contributed by atoms with E-state index in [0.717, 1.165) is 31.6 Å². The summed E-state index contributed by atoms with van der Waals surface area (Å²) in [6.07, 6.45) is 2.10. The Morgan fingerprint density at radius 2 is 2.07 bits per heavy atom. The number of halogens is 1. The second-order valence-corrected chi connectivity index (χ2v) is 3.60. The van der Waals surface area contributed by atoms with Gasteiger partial charge in [0, 0.05) is 24.8 Å². The van der Waals surface area contributed by atoms with E-state index in [4.69, 9.17) is 0 Å². The van der Waals surface area contributed by atoms with Crippen molar-refractivity contribution in [3.8, 4) is 0 Å². The third kappa shape index (κ3) is 2.45. The molecular formula is C11H14FN2. The van der Waals surface area contributed by atoms with Crippen LogP contribution in [0, 0.1) is 5.82 Å². The molecule has 1 heterocycles. The number of benzene rings is 1. The minimum absolute atomic E-state index is 0.185. The van der Waals surface area contributed by atoms with Gasteiger partial charge in [0.2, 0.25) is 0 Å². The van der Waals surface area contributed by atoms with Crippen molar-refractivity contribution < 1.29 is 4.39 Å².